The second-order valence-electron chi connectivity index (χ2n) is 8.69. The highest BCUT2D eigenvalue weighted by atomic mass is 16.7. The van der Waals surface area contributed by atoms with E-state index < -0.39 is 36.7 Å². The number of anilines is 2. The summed E-state index contributed by atoms with van der Waals surface area (Å²) in [7, 11) is 0. The van der Waals surface area contributed by atoms with Gasteiger partial charge in [0, 0.05) is 12.0 Å². The van der Waals surface area contributed by atoms with E-state index in [9.17, 15) is 20.1 Å². The molecule has 2 aromatic rings. The predicted octanol–water partition coefficient (Wildman–Crippen LogP) is -0.991. The first kappa shape index (κ1) is 22.0. The van der Waals surface area contributed by atoms with Crippen LogP contribution in [0.1, 0.15) is 25.3 Å². The quantitative estimate of drug-likeness (QED) is 0.275. The maximum atomic E-state index is 11.2. The highest BCUT2D eigenvalue weighted by Crippen LogP contribution is 2.34. The summed E-state index contributed by atoms with van der Waals surface area (Å²) in [4.78, 5) is 24.4. The lowest BCUT2D eigenvalue weighted by Crippen LogP contribution is -2.60. The Morgan fingerprint density at radius 3 is 2.73 bits per heavy atom. The topological polar surface area (TPSA) is 198 Å². The fraction of sp³-hybridized carbons (Fsp3) is 0.600. The van der Waals surface area contributed by atoms with Crippen LogP contribution >= 0.6 is 0 Å². The number of hydrogen-bond donors (Lipinski definition) is 6. The third-order valence-corrected chi connectivity index (χ3v) is 6.15. The molecule has 13 heteroatoms. The SMILES string of the molecule is Nc1nc(NC2CC2)c2ncn([C@H]3C=C[C@@H](CO[C@@H]4OC(C(=O)O)[C@H](O)C(O)C4O)C3)c2n1. The van der Waals surface area contributed by atoms with Gasteiger partial charge in [0.15, 0.2) is 29.4 Å². The van der Waals surface area contributed by atoms with Crippen LogP contribution in [0.25, 0.3) is 11.2 Å². The Bertz CT molecular complexity index is 1070. The largest absolute Gasteiger partial charge is 0.479 e. The van der Waals surface area contributed by atoms with Crippen molar-refractivity contribution < 1.29 is 34.7 Å². The molecule has 0 bridgehead atoms. The summed E-state index contributed by atoms with van der Waals surface area (Å²) in [6.45, 7) is 0.113. The van der Waals surface area contributed by atoms with E-state index in [1.165, 1.54) is 0 Å². The van der Waals surface area contributed by atoms with Crippen molar-refractivity contribution in [1.82, 2.24) is 19.5 Å². The zero-order valence-corrected chi connectivity index (χ0v) is 17.6. The molecule has 0 spiro atoms. The van der Waals surface area contributed by atoms with Gasteiger partial charge in [0.05, 0.1) is 19.0 Å². The monoisotopic (exact) mass is 462 g/mol. The van der Waals surface area contributed by atoms with Gasteiger partial charge in [0.2, 0.25) is 5.95 Å². The highest BCUT2D eigenvalue weighted by molar-refractivity contribution is 5.84. The van der Waals surface area contributed by atoms with Crippen LogP contribution in [0.15, 0.2) is 18.5 Å². The Hall–Kier alpha value is -2.84. The molecular formula is C20H26N6O7. The van der Waals surface area contributed by atoms with Gasteiger partial charge in [-0.1, -0.05) is 12.2 Å². The van der Waals surface area contributed by atoms with Crippen molar-refractivity contribution in [1.29, 1.82) is 0 Å². The van der Waals surface area contributed by atoms with Crippen molar-refractivity contribution in [3.63, 3.8) is 0 Å². The highest BCUT2D eigenvalue weighted by Gasteiger charge is 2.47. The predicted molar refractivity (Wildman–Crippen MR) is 113 cm³/mol. The average molecular weight is 462 g/mol. The van der Waals surface area contributed by atoms with Crippen LogP contribution in [0.4, 0.5) is 11.8 Å². The van der Waals surface area contributed by atoms with Crippen LogP contribution in [-0.4, -0.2) is 89.3 Å². The minimum absolute atomic E-state index is 0.0666. The molecule has 13 nitrogen and oxygen atoms in total. The molecule has 3 heterocycles. The van der Waals surface area contributed by atoms with Crippen LogP contribution in [0.2, 0.25) is 0 Å². The molecule has 2 aromatic heterocycles. The number of ether oxygens (including phenoxy) is 2. The molecule has 2 aliphatic carbocycles. The molecule has 1 saturated carbocycles. The van der Waals surface area contributed by atoms with Gasteiger partial charge < -0.3 is 45.5 Å². The fourth-order valence-corrected chi connectivity index (χ4v) is 4.19. The van der Waals surface area contributed by atoms with Crippen molar-refractivity contribution in [2.24, 2.45) is 5.92 Å². The third-order valence-electron chi connectivity index (χ3n) is 6.15. The van der Waals surface area contributed by atoms with E-state index in [0.717, 1.165) is 12.8 Å². The Kier molecular flexibility index (Phi) is 5.66. The molecule has 3 unspecified atom stereocenters. The molecule has 3 aliphatic rings. The number of nitrogens with one attached hydrogen (secondary N) is 1. The molecule has 5 rings (SSSR count). The van der Waals surface area contributed by atoms with E-state index >= 15 is 0 Å². The molecule has 7 atom stereocenters. The van der Waals surface area contributed by atoms with E-state index in [-0.39, 0.29) is 24.5 Å². The standard InChI is InChI=1S/C20H26N6O7/c21-20-24-16(23-9-2-3-9)11-17(25-20)26(7-22-11)10-4-1-8(5-10)6-32-19-14(29)12(27)13(28)15(33-19)18(30)31/h1,4,7-10,12-15,19,27-29H,2-3,5-6H2,(H,30,31)(H3,21,23,24,25)/t8-,10+,12?,13-,14?,15?,19-/m1/s1. The number of carboxylic acid groups (broad SMARTS) is 1. The summed E-state index contributed by atoms with van der Waals surface area (Å²) in [6, 6.07) is 0.321. The number of imidazole rings is 1. The average Bonchev–Trinajstić information content (AvgIpc) is 3.29. The second kappa shape index (κ2) is 8.50. The van der Waals surface area contributed by atoms with Crippen molar-refractivity contribution >= 4 is 28.9 Å². The number of fused-ring (bicyclic) bond motifs is 1. The number of nitrogen functional groups attached to an aromatic ring is 1. The number of aliphatic carboxylic acids is 1. The van der Waals surface area contributed by atoms with Crippen LogP contribution in [0.5, 0.6) is 0 Å². The minimum atomic E-state index is -1.75. The van der Waals surface area contributed by atoms with Crippen molar-refractivity contribution in [3.8, 4) is 0 Å². The van der Waals surface area contributed by atoms with E-state index in [4.69, 9.17) is 20.3 Å². The van der Waals surface area contributed by atoms with Crippen molar-refractivity contribution in [2.45, 2.75) is 62.1 Å². The van der Waals surface area contributed by atoms with Gasteiger partial charge in [-0.3, -0.25) is 0 Å². The maximum absolute atomic E-state index is 11.2. The number of hydrogen-bond acceptors (Lipinski definition) is 11. The molecule has 1 saturated heterocycles. The normalized spacial score (nSPS) is 34.1. The number of nitrogens with two attached hydrogens (primary N) is 1. The fourth-order valence-electron chi connectivity index (χ4n) is 4.19. The number of aromatic nitrogens is 4. The van der Waals surface area contributed by atoms with Gasteiger partial charge in [-0.15, -0.1) is 0 Å². The number of aliphatic hydroxyl groups excluding tert-OH is 3. The Labute approximate surface area is 187 Å². The van der Waals surface area contributed by atoms with E-state index in [2.05, 4.69) is 20.3 Å². The summed E-state index contributed by atoms with van der Waals surface area (Å²) in [5.74, 6) is -0.741. The van der Waals surface area contributed by atoms with Crippen LogP contribution in [0.3, 0.4) is 0 Å². The zero-order valence-electron chi connectivity index (χ0n) is 17.6. The van der Waals surface area contributed by atoms with Gasteiger partial charge in [-0.25, -0.2) is 9.78 Å². The maximum Gasteiger partial charge on any atom is 0.335 e. The Morgan fingerprint density at radius 2 is 2.00 bits per heavy atom. The summed E-state index contributed by atoms with van der Waals surface area (Å²) in [6.07, 6.45) is 0.327. The smallest absolute Gasteiger partial charge is 0.335 e. The number of carboxylic acids is 1. The molecule has 1 aliphatic heterocycles. The minimum Gasteiger partial charge on any atom is -0.479 e. The van der Waals surface area contributed by atoms with Gasteiger partial charge in [-0.2, -0.15) is 9.97 Å². The molecule has 0 radical (unpaired) electrons. The molecule has 0 amide bonds. The van der Waals surface area contributed by atoms with Crippen LogP contribution in [-0.2, 0) is 14.3 Å². The third kappa shape index (κ3) is 4.25. The number of allylic oxidation sites excluding steroid dienone is 1. The lowest BCUT2D eigenvalue weighted by molar-refractivity contribution is -0.295. The first-order chi connectivity index (χ1) is 15.8. The molecule has 33 heavy (non-hydrogen) atoms. The summed E-state index contributed by atoms with van der Waals surface area (Å²) in [5.41, 5.74) is 7.18. The van der Waals surface area contributed by atoms with E-state index in [0.29, 0.717) is 29.4 Å². The Morgan fingerprint density at radius 1 is 1.21 bits per heavy atom. The molecule has 178 valence electrons. The van der Waals surface area contributed by atoms with Gasteiger partial charge in [0.1, 0.15) is 18.3 Å². The first-order valence-electron chi connectivity index (χ1n) is 10.8. The van der Waals surface area contributed by atoms with Gasteiger partial charge >= 0.3 is 5.97 Å². The molecule has 7 N–H and O–H groups in total. The zero-order chi connectivity index (χ0) is 23.3. The van der Waals surface area contributed by atoms with Crippen LogP contribution < -0.4 is 11.1 Å². The molecular weight excluding hydrogens is 436 g/mol. The van der Waals surface area contributed by atoms with Gasteiger partial charge in [-0.05, 0) is 19.3 Å². The van der Waals surface area contributed by atoms with E-state index in [1.807, 2.05) is 16.7 Å². The Balaban J connectivity index is 1.24. The lowest BCUT2D eigenvalue weighted by atomic mass is 9.99. The number of aliphatic hydroxyl groups is 3. The van der Waals surface area contributed by atoms with Crippen molar-refractivity contribution in [3.05, 3.63) is 18.5 Å². The molecule has 2 fully saturated rings. The number of rotatable bonds is 7. The summed E-state index contributed by atoms with van der Waals surface area (Å²) < 4.78 is 12.7. The first-order valence-corrected chi connectivity index (χ1v) is 10.8. The van der Waals surface area contributed by atoms with E-state index in [1.54, 1.807) is 6.33 Å². The number of nitrogens with zero attached hydrogens (tertiary/aromatic N) is 4. The lowest BCUT2D eigenvalue weighted by Gasteiger charge is -2.38. The second-order valence-corrected chi connectivity index (χ2v) is 8.69. The summed E-state index contributed by atoms with van der Waals surface area (Å²) >= 11 is 0. The number of carbonyl (C=O) groups is 1. The van der Waals surface area contributed by atoms with Crippen LogP contribution in [0, 0.1) is 5.92 Å². The van der Waals surface area contributed by atoms with Crippen molar-refractivity contribution in [2.75, 3.05) is 17.7 Å². The van der Waals surface area contributed by atoms with Gasteiger partial charge in [0.25, 0.3) is 0 Å². The molecule has 0 aromatic carbocycles. The summed E-state index contributed by atoms with van der Waals surface area (Å²) in [5, 5.41) is 42.3.